The molecule has 0 aromatic rings. The van der Waals surface area contributed by atoms with E-state index >= 15 is 0 Å². The molecule has 0 heterocycles. The van der Waals surface area contributed by atoms with Gasteiger partial charge in [0.25, 0.3) is 0 Å². The fourth-order valence-electron chi connectivity index (χ4n) is 1.90. The van der Waals surface area contributed by atoms with Crippen LogP contribution in [0.15, 0.2) is 11.6 Å². The molecule has 0 aromatic carbocycles. The molecule has 1 aliphatic rings. The second-order valence-electron chi connectivity index (χ2n) is 4.43. The predicted molar refractivity (Wildman–Crippen MR) is 68.1 cm³/mol. The summed E-state index contributed by atoms with van der Waals surface area (Å²) in [4.78, 5) is 0. The van der Waals surface area contributed by atoms with E-state index in [4.69, 9.17) is 9.47 Å². The van der Waals surface area contributed by atoms with Crippen LogP contribution in [0.4, 0.5) is 0 Å². The summed E-state index contributed by atoms with van der Waals surface area (Å²) < 4.78 is 10.1. The lowest BCUT2D eigenvalue weighted by molar-refractivity contribution is 0.0139. The maximum absolute atomic E-state index is 9.60. The van der Waals surface area contributed by atoms with Gasteiger partial charge in [0.2, 0.25) is 0 Å². The molecule has 0 radical (unpaired) electrons. The highest BCUT2D eigenvalue weighted by molar-refractivity contribution is 5.07. The van der Waals surface area contributed by atoms with Crippen LogP contribution in [-0.4, -0.2) is 51.2 Å². The van der Waals surface area contributed by atoms with E-state index in [-0.39, 0.29) is 0 Å². The summed E-state index contributed by atoms with van der Waals surface area (Å²) in [5.74, 6) is 0. The third-order valence-electron chi connectivity index (χ3n) is 2.88. The van der Waals surface area contributed by atoms with Gasteiger partial charge in [-0.25, -0.2) is 0 Å². The molecule has 1 rings (SSSR count). The van der Waals surface area contributed by atoms with Gasteiger partial charge in [0.1, 0.15) is 0 Å². The Bertz CT molecular complexity index is 219. The highest BCUT2D eigenvalue weighted by Crippen LogP contribution is 2.19. The van der Waals surface area contributed by atoms with Gasteiger partial charge in [-0.2, -0.15) is 0 Å². The minimum absolute atomic E-state index is 0.374. The molecule has 0 fully saturated rings. The maximum Gasteiger partial charge on any atom is 0.0897 e. The maximum atomic E-state index is 9.60. The molecule has 0 spiro atoms. The highest BCUT2D eigenvalue weighted by Gasteiger charge is 2.06. The summed E-state index contributed by atoms with van der Waals surface area (Å²) in [6.07, 6.45) is 6.83. The van der Waals surface area contributed by atoms with Gasteiger partial charge >= 0.3 is 0 Å². The van der Waals surface area contributed by atoms with Gasteiger partial charge < -0.3 is 19.9 Å². The van der Waals surface area contributed by atoms with Crippen molar-refractivity contribution in [3.63, 3.8) is 0 Å². The number of rotatable bonds is 10. The first kappa shape index (κ1) is 14.6. The molecule has 1 unspecified atom stereocenters. The summed E-state index contributed by atoms with van der Waals surface area (Å²) in [7, 11) is 1.64. The van der Waals surface area contributed by atoms with Crippen molar-refractivity contribution < 1.29 is 14.6 Å². The van der Waals surface area contributed by atoms with E-state index in [1.54, 1.807) is 12.7 Å². The summed E-state index contributed by atoms with van der Waals surface area (Å²) in [5.41, 5.74) is 1.56. The van der Waals surface area contributed by atoms with E-state index in [0.717, 1.165) is 13.0 Å². The Hall–Kier alpha value is -0.420. The van der Waals surface area contributed by atoms with Gasteiger partial charge in [0.15, 0.2) is 0 Å². The van der Waals surface area contributed by atoms with Crippen LogP contribution in [0.2, 0.25) is 0 Å². The number of aliphatic hydroxyl groups is 1. The first-order valence-electron chi connectivity index (χ1n) is 6.46. The van der Waals surface area contributed by atoms with Gasteiger partial charge in [-0.15, -0.1) is 0 Å². The number of hydrogen-bond acceptors (Lipinski definition) is 4. The first-order chi connectivity index (χ1) is 8.33. The average molecular weight is 243 g/mol. The number of aliphatic hydroxyl groups excluding tert-OH is 1. The van der Waals surface area contributed by atoms with Crippen molar-refractivity contribution in [2.24, 2.45) is 0 Å². The number of nitrogens with one attached hydrogen (secondary N) is 1. The molecule has 2 N–H and O–H groups in total. The highest BCUT2D eigenvalue weighted by atomic mass is 16.5. The summed E-state index contributed by atoms with van der Waals surface area (Å²) in [6, 6.07) is 0. The number of hydrogen-bond donors (Lipinski definition) is 2. The van der Waals surface area contributed by atoms with Gasteiger partial charge in [-0.3, -0.25) is 0 Å². The van der Waals surface area contributed by atoms with E-state index in [0.29, 0.717) is 26.4 Å². The summed E-state index contributed by atoms with van der Waals surface area (Å²) >= 11 is 0. The third-order valence-corrected chi connectivity index (χ3v) is 2.88. The summed E-state index contributed by atoms with van der Waals surface area (Å²) in [6.45, 7) is 3.04. The zero-order valence-corrected chi connectivity index (χ0v) is 10.8. The molecule has 0 amide bonds. The quantitative estimate of drug-likeness (QED) is 0.445. The molecule has 1 atom stereocenters. The van der Waals surface area contributed by atoms with E-state index in [9.17, 15) is 5.11 Å². The van der Waals surface area contributed by atoms with Crippen LogP contribution < -0.4 is 5.32 Å². The lowest BCUT2D eigenvalue weighted by atomic mass is 10.2. The predicted octanol–water partition coefficient (Wildman–Crippen LogP) is 1.10. The number of methoxy groups -OCH3 is 1. The Labute approximate surface area is 104 Å². The zero-order chi connectivity index (χ0) is 12.3. The van der Waals surface area contributed by atoms with E-state index in [1.807, 2.05) is 0 Å². The second kappa shape index (κ2) is 9.59. The van der Waals surface area contributed by atoms with Crippen molar-refractivity contribution in [3.8, 4) is 0 Å². The molecule has 0 saturated carbocycles. The fourth-order valence-corrected chi connectivity index (χ4v) is 1.90. The molecule has 4 heteroatoms. The first-order valence-corrected chi connectivity index (χ1v) is 6.46. The zero-order valence-electron chi connectivity index (χ0n) is 10.8. The van der Waals surface area contributed by atoms with Crippen molar-refractivity contribution in [1.29, 1.82) is 0 Å². The molecule has 0 bridgehead atoms. The monoisotopic (exact) mass is 243 g/mol. The van der Waals surface area contributed by atoms with Crippen molar-refractivity contribution >= 4 is 0 Å². The van der Waals surface area contributed by atoms with E-state index < -0.39 is 6.10 Å². The van der Waals surface area contributed by atoms with E-state index in [2.05, 4.69) is 11.4 Å². The Kier molecular flexibility index (Phi) is 8.26. The molecule has 0 saturated heterocycles. The molecule has 4 nitrogen and oxygen atoms in total. The normalized spacial score (nSPS) is 17.2. The minimum Gasteiger partial charge on any atom is -0.389 e. The lowest BCUT2D eigenvalue weighted by Crippen LogP contribution is -2.31. The van der Waals surface area contributed by atoms with Crippen LogP contribution in [0.5, 0.6) is 0 Å². The molecule has 17 heavy (non-hydrogen) atoms. The molecular formula is C13H25NO3. The molecule has 0 aromatic heterocycles. The van der Waals surface area contributed by atoms with Gasteiger partial charge in [0, 0.05) is 13.7 Å². The molecular weight excluding hydrogens is 218 g/mol. The molecule has 1 aliphatic carbocycles. The van der Waals surface area contributed by atoms with Crippen LogP contribution in [-0.2, 0) is 9.47 Å². The lowest BCUT2D eigenvalue weighted by Gasteiger charge is -2.12. The van der Waals surface area contributed by atoms with Crippen LogP contribution in [0.3, 0.4) is 0 Å². The molecule has 100 valence electrons. The largest absolute Gasteiger partial charge is 0.389 e. The minimum atomic E-state index is -0.426. The van der Waals surface area contributed by atoms with Crippen LogP contribution in [0.25, 0.3) is 0 Å². The number of ether oxygens (including phenoxy) is 2. The Morgan fingerprint density at radius 2 is 2.35 bits per heavy atom. The smallest absolute Gasteiger partial charge is 0.0897 e. The van der Waals surface area contributed by atoms with Gasteiger partial charge in [-0.1, -0.05) is 11.6 Å². The Balaban J connectivity index is 1.87. The van der Waals surface area contributed by atoms with Crippen molar-refractivity contribution in [2.45, 2.75) is 31.8 Å². The van der Waals surface area contributed by atoms with Crippen LogP contribution >= 0.6 is 0 Å². The number of allylic oxidation sites excluding steroid dienone is 1. The van der Waals surface area contributed by atoms with Crippen LogP contribution in [0, 0.1) is 0 Å². The Morgan fingerprint density at radius 3 is 3.06 bits per heavy atom. The Morgan fingerprint density at radius 1 is 1.47 bits per heavy atom. The second-order valence-corrected chi connectivity index (χ2v) is 4.43. The molecule has 0 aliphatic heterocycles. The summed E-state index contributed by atoms with van der Waals surface area (Å²) in [5, 5.41) is 12.8. The van der Waals surface area contributed by atoms with Crippen molar-refractivity contribution in [1.82, 2.24) is 5.32 Å². The van der Waals surface area contributed by atoms with Crippen molar-refractivity contribution in [2.75, 3.05) is 40.0 Å². The van der Waals surface area contributed by atoms with E-state index in [1.165, 1.54) is 19.3 Å². The fraction of sp³-hybridized carbons (Fsp3) is 0.846. The third kappa shape index (κ3) is 7.49. The average Bonchev–Trinajstić information content (AvgIpc) is 2.83. The van der Waals surface area contributed by atoms with Gasteiger partial charge in [-0.05, 0) is 32.2 Å². The standard InChI is InChI=1S/C13H25NO3/c1-16-8-9-17-11-13(15)10-14-7-6-12-4-2-3-5-12/h4,13-15H,2-3,5-11H2,1H3. The SMILES string of the molecule is COCCOCC(O)CNCCC1=CCCC1. The van der Waals surface area contributed by atoms with Crippen molar-refractivity contribution in [3.05, 3.63) is 11.6 Å². The van der Waals surface area contributed by atoms with Crippen LogP contribution in [0.1, 0.15) is 25.7 Å². The van der Waals surface area contributed by atoms with Gasteiger partial charge in [0.05, 0.1) is 25.9 Å². The topological polar surface area (TPSA) is 50.7 Å².